The monoisotopic (exact) mass is 168 g/mol. The molecule has 0 saturated heterocycles. The number of aromatic nitrogens is 3. The van der Waals surface area contributed by atoms with E-state index in [-0.39, 0.29) is 5.69 Å². The van der Waals surface area contributed by atoms with Crippen LogP contribution in [0.1, 0.15) is 5.69 Å². The lowest BCUT2D eigenvalue weighted by molar-refractivity contribution is 0.657. The van der Waals surface area contributed by atoms with Gasteiger partial charge in [-0.15, -0.1) is 0 Å². The summed E-state index contributed by atoms with van der Waals surface area (Å²) in [7, 11) is 5.24. The van der Waals surface area contributed by atoms with Gasteiger partial charge in [0.15, 0.2) is 5.82 Å². The highest BCUT2D eigenvalue weighted by Gasteiger charge is 2.05. The molecule has 1 aromatic heterocycles. The molecule has 0 fully saturated rings. The number of anilines is 1. The molecule has 5 nitrogen and oxygen atoms in total. The van der Waals surface area contributed by atoms with Crippen LogP contribution in [0.4, 0.5) is 5.82 Å². The van der Waals surface area contributed by atoms with Crippen molar-refractivity contribution in [2.24, 2.45) is 7.05 Å². The van der Waals surface area contributed by atoms with Crippen molar-refractivity contribution in [3.63, 3.8) is 0 Å². The van der Waals surface area contributed by atoms with E-state index >= 15 is 0 Å². The number of aryl methyl sites for hydroxylation is 2. The Bertz CT molecular complexity index is 342. The molecule has 66 valence electrons. The van der Waals surface area contributed by atoms with E-state index in [0.717, 1.165) is 5.69 Å². The second-order valence-electron chi connectivity index (χ2n) is 2.82. The Kier molecular flexibility index (Phi) is 2.12. The van der Waals surface area contributed by atoms with E-state index in [1.54, 1.807) is 11.9 Å². The predicted octanol–water partition coefficient (Wildman–Crippen LogP) is -0.450. The van der Waals surface area contributed by atoms with Crippen LogP contribution in [0.5, 0.6) is 0 Å². The Morgan fingerprint density at radius 1 is 1.42 bits per heavy atom. The number of rotatable bonds is 1. The molecule has 0 atom stereocenters. The van der Waals surface area contributed by atoms with E-state index < -0.39 is 0 Å². The Hall–Kier alpha value is -1.39. The maximum Gasteiger partial charge on any atom is 0.365 e. The summed E-state index contributed by atoms with van der Waals surface area (Å²) >= 11 is 0. The maximum absolute atomic E-state index is 11.1. The first-order valence-electron chi connectivity index (χ1n) is 3.61. The van der Waals surface area contributed by atoms with Crippen LogP contribution >= 0.6 is 0 Å². The van der Waals surface area contributed by atoms with Gasteiger partial charge in [0.2, 0.25) is 0 Å². The van der Waals surface area contributed by atoms with Crippen molar-refractivity contribution in [1.82, 2.24) is 14.8 Å². The van der Waals surface area contributed by atoms with E-state index in [9.17, 15) is 4.79 Å². The lowest BCUT2D eigenvalue weighted by atomic mass is 10.4. The molecule has 0 unspecified atom stereocenters. The highest BCUT2D eigenvalue weighted by molar-refractivity contribution is 5.39. The summed E-state index contributed by atoms with van der Waals surface area (Å²) in [4.78, 5) is 16.7. The number of nitrogens with zero attached hydrogens (tertiary/aromatic N) is 4. The minimum absolute atomic E-state index is 0.329. The first-order chi connectivity index (χ1) is 5.52. The highest BCUT2D eigenvalue weighted by Crippen LogP contribution is 2.06. The van der Waals surface area contributed by atoms with E-state index in [1.807, 2.05) is 21.0 Å². The van der Waals surface area contributed by atoms with Crippen LogP contribution in [0.3, 0.4) is 0 Å². The molecular formula is C7H12N4O. The lowest BCUT2D eigenvalue weighted by Gasteiger charge is -2.12. The van der Waals surface area contributed by atoms with E-state index in [0.29, 0.717) is 5.82 Å². The van der Waals surface area contributed by atoms with E-state index in [4.69, 9.17) is 0 Å². The Labute approximate surface area is 70.6 Å². The third-order valence-electron chi connectivity index (χ3n) is 1.53. The van der Waals surface area contributed by atoms with Gasteiger partial charge in [-0.3, -0.25) is 0 Å². The molecule has 0 radical (unpaired) electrons. The molecule has 0 saturated carbocycles. The van der Waals surface area contributed by atoms with Crippen molar-refractivity contribution >= 4 is 5.82 Å². The van der Waals surface area contributed by atoms with Crippen molar-refractivity contribution in [2.45, 2.75) is 6.92 Å². The Morgan fingerprint density at radius 2 is 2.00 bits per heavy atom. The third kappa shape index (κ3) is 1.44. The summed E-state index contributed by atoms with van der Waals surface area (Å²) in [6.07, 6.45) is 0. The summed E-state index contributed by atoms with van der Waals surface area (Å²) in [6, 6.07) is 0. The molecule has 1 heterocycles. The molecule has 0 aliphatic heterocycles. The quantitative estimate of drug-likeness (QED) is 0.570. The van der Waals surface area contributed by atoms with Crippen LogP contribution in [0.25, 0.3) is 0 Å². The molecule has 0 aliphatic carbocycles. The standard InChI is InChI=1S/C7H12N4O/c1-5-6(10(2)3)8-7(12)11(4)9-5/h1-4H3. The second-order valence-corrected chi connectivity index (χ2v) is 2.82. The van der Waals surface area contributed by atoms with Gasteiger partial charge in [0.1, 0.15) is 5.69 Å². The molecule has 5 heteroatoms. The summed E-state index contributed by atoms with van der Waals surface area (Å²) in [5.74, 6) is 0.623. The zero-order chi connectivity index (χ0) is 9.30. The normalized spacial score (nSPS) is 10.0. The van der Waals surface area contributed by atoms with Crippen LogP contribution < -0.4 is 10.6 Å². The molecule has 1 rings (SSSR count). The molecule has 0 aliphatic rings. The third-order valence-corrected chi connectivity index (χ3v) is 1.53. The molecule has 0 amide bonds. The van der Waals surface area contributed by atoms with Crippen molar-refractivity contribution in [3.05, 3.63) is 16.2 Å². The largest absolute Gasteiger partial charge is 0.365 e. The fraction of sp³-hybridized carbons (Fsp3) is 0.571. The van der Waals surface area contributed by atoms with Gasteiger partial charge >= 0.3 is 5.69 Å². The van der Waals surface area contributed by atoms with Gasteiger partial charge in [0.05, 0.1) is 0 Å². The Morgan fingerprint density at radius 3 is 2.50 bits per heavy atom. The summed E-state index contributed by atoms with van der Waals surface area (Å²) in [5.41, 5.74) is 0.423. The predicted molar refractivity (Wildman–Crippen MR) is 46.3 cm³/mol. The molecule has 0 aromatic carbocycles. The molecule has 1 aromatic rings. The molecular weight excluding hydrogens is 156 g/mol. The lowest BCUT2D eigenvalue weighted by Crippen LogP contribution is -2.27. The van der Waals surface area contributed by atoms with Crippen LogP contribution in [-0.4, -0.2) is 28.9 Å². The topological polar surface area (TPSA) is 51.0 Å². The summed E-state index contributed by atoms with van der Waals surface area (Å²) < 4.78 is 1.22. The van der Waals surface area contributed by atoms with Crippen LogP contribution in [0, 0.1) is 6.92 Å². The van der Waals surface area contributed by atoms with Gasteiger partial charge in [0.25, 0.3) is 0 Å². The van der Waals surface area contributed by atoms with Gasteiger partial charge in [-0.05, 0) is 6.92 Å². The van der Waals surface area contributed by atoms with E-state index in [2.05, 4.69) is 10.1 Å². The van der Waals surface area contributed by atoms with Gasteiger partial charge in [-0.25, -0.2) is 9.48 Å². The average molecular weight is 168 g/mol. The van der Waals surface area contributed by atoms with Crippen LogP contribution in [-0.2, 0) is 7.05 Å². The first kappa shape index (κ1) is 8.70. The number of hydrogen-bond acceptors (Lipinski definition) is 4. The van der Waals surface area contributed by atoms with Gasteiger partial charge in [-0.1, -0.05) is 0 Å². The molecule has 0 spiro atoms. The molecule has 0 bridgehead atoms. The van der Waals surface area contributed by atoms with Gasteiger partial charge in [0, 0.05) is 21.1 Å². The van der Waals surface area contributed by atoms with Crippen molar-refractivity contribution in [1.29, 1.82) is 0 Å². The van der Waals surface area contributed by atoms with E-state index in [1.165, 1.54) is 4.68 Å². The summed E-state index contributed by atoms with van der Waals surface area (Å²) in [5, 5.41) is 3.99. The van der Waals surface area contributed by atoms with Crippen molar-refractivity contribution in [2.75, 3.05) is 19.0 Å². The van der Waals surface area contributed by atoms with Crippen LogP contribution in [0.15, 0.2) is 4.79 Å². The fourth-order valence-corrected chi connectivity index (χ4v) is 0.980. The zero-order valence-electron chi connectivity index (χ0n) is 7.70. The SMILES string of the molecule is Cc1nn(C)c(=O)nc1N(C)C. The highest BCUT2D eigenvalue weighted by atomic mass is 16.1. The minimum Gasteiger partial charge on any atom is -0.361 e. The fourth-order valence-electron chi connectivity index (χ4n) is 0.980. The van der Waals surface area contributed by atoms with Gasteiger partial charge in [-0.2, -0.15) is 10.1 Å². The first-order valence-corrected chi connectivity index (χ1v) is 3.61. The Balaban J connectivity index is 3.33. The number of hydrogen-bond donors (Lipinski definition) is 0. The van der Waals surface area contributed by atoms with Gasteiger partial charge < -0.3 is 4.90 Å². The zero-order valence-corrected chi connectivity index (χ0v) is 7.70. The average Bonchev–Trinajstić information content (AvgIpc) is 1.96. The molecule has 0 N–H and O–H groups in total. The maximum atomic E-state index is 11.1. The van der Waals surface area contributed by atoms with Crippen molar-refractivity contribution in [3.8, 4) is 0 Å². The smallest absolute Gasteiger partial charge is 0.361 e. The molecule has 12 heavy (non-hydrogen) atoms. The summed E-state index contributed by atoms with van der Waals surface area (Å²) in [6.45, 7) is 1.82. The minimum atomic E-state index is -0.329. The van der Waals surface area contributed by atoms with Crippen molar-refractivity contribution < 1.29 is 0 Å². The van der Waals surface area contributed by atoms with Crippen LogP contribution in [0.2, 0.25) is 0 Å². The second kappa shape index (κ2) is 2.92.